The highest BCUT2D eigenvalue weighted by atomic mass is 32.1. The molecule has 0 saturated carbocycles. The zero-order valence-electron chi connectivity index (χ0n) is 17.1. The summed E-state index contributed by atoms with van der Waals surface area (Å²) < 4.78 is 12.9. The normalized spacial score (nSPS) is 12.4. The summed E-state index contributed by atoms with van der Waals surface area (Å²) >= 11 is 1.39. The van der Waals surface area contributed by atoms with E-state index < -0.39 is 23.3 Å². The van der Waals surface area contributed by atoms with Crippen molar-refractivity contribution < 1.29 is 9.53 Å². The zero-order chi connectivity index (χ0) is 21.6. The molecule has 0 aliphatic carbocycles. The summed E-state index contributed by atoms with van der Waals surface area (Å²) in [6.45, 7) is 5.73. The Morgan fingerprint density at radius 3 is 2.67 bits per heavy atom. The molecule has 0 bridgehead atoms. The lowest BCUT2D eigenvalue weighted by atomic mass is 10.1. The van der Waals surface area contributed by atoms with E-state index in [1.807, 2.05) is 13.8 Å². The van der Waals surface area contributed by atoms with Gasteiger partial charge in [-0.25, -0.2) is 14.2 Å². The van der Waals surface area contributed by atoms with Crippen molar-refractivity contribution in [2.75, 3.05) is 7.11 Å². The Morgan fingerprint density at radius 1 is 1.20 bits per heavy atom. The van der Waals surface area contributed by atoms with Crippen molar-refractivity contribution in [3.05, 3.63) is 74.1 Å². The van der Waals surface area contributed by atoms with Crippen molar-refractivity contribution in [2.45, 2.75) is 33.4 Å². The number of benzene rings is 2. The molecule has 0 saturated heterocycles. The fourth-order valence-corrected chi connectivity index (χ4v) is 4.85. The van der Waals surface area contributed by atoms with Gasteiger partial charge in [-0.1, -0.05) is 18.2 Å². The highest BCUT2D eigenvalue weighted by molar-refractivity contribution is 7.13. The Kier molecular flexibility index (Phi) is 5.03. The molecule has 2 heterocycles. The molecule has 1 atom stereocenters. The van der Waals surface area contributed by atoms with Crippen LogP contribution in [0.1, 0.15) is 29.8 Å². The van der Waals surface area contributed by atoms with Gasteiger partial charge < -0.3 is 4.74 Å². The molecule has 0 amide bonds. The van der Waals surface area contributed by atoms with Crippen molar-refractivity contribution in [3.63, 3.8) is 0 Å². The van der Waals surface area contributed by atoms with Crippen molar-refractivity contribution in [2.24, 2.45) is 0 Å². The van der Waals surface area contributed by atoms with Gasteiger partial charge >= 0.3 is 11.7 Å². The molecule has 2 aromatic heterocycles. The minimum Gasteiger partial charge on any atom is -0.467 e. The third-order valence-corrected chi connectivity index (χ3v) is 6.14. The Bertz CT molecular complexity index is 1410. The number of carbonyl (C=O) groups is 1. The van der Waals surface area contributed by atoms with Crippen LogP contribution in [0.2, 0.25) is 0 Å². The fourth-order valence-electron chi connectivity index (χ4n) is 3.89. The van der Waals surface area contributed by atoms with E-state index in [1.165, 1.54) is 30.1 Å². The molecule has 8 heteroatoms. The largest absolute Gasteiger partial charge is 0.467 e. The van der Waals surface area contributed by atoms with Crippen LogP contribution in [-0.4, -0.2) is 26.6 Å². The maximum Gasteiger partial charge on any atom is 0.332 e. The first-order valence-corrected chi connectivity index (χ1v) is 10.3. The van der Waals surface area contributed by atoms with E-state index in [4.69, 9.17) is 4.74 Å². The Balaban J connectivity index is 1.99. The summed E-state index contributed by atoms with van der Waals surface area (Å²) in [6.07, 6.45) is 0. The number of ether oxygens (including phenoxy) is 1. The lowest BCUT2D eigenvalue weighted by Gasteiger charge is -2.17. The molecule has 154 valence electrons. The summed E-state index contributed by atoms with van der Waals surface area (Å²) in [5.41, 5.74) is 2.42. The van der Waals surface area contributed by atoms with E-state index >= 15 is 0 Å². The maximum atomic E-state index is 13.4. The van der Waals surface area contributed by atoms with Crippen molar-refractivity contribution in [1.82, 2.24) is 13.5 Å². The second kappa shape index (κ2) is 7.53. The molecular weight excluding hydrogens is 402 g/mol. The van der Waals surface area contributed by atoms with Crippen LogP contribution in [0.3, 0.4) is 0 Å². The van der Waals surface area contributed by atoms with E-state index in [1.54, 1.807) is 24.3 Å². The van der Waals surface area contributed by atoms with Gasteiger partial charge in [0.2, 0.25) is 0 Å². The van der Waals surface area contributed by atoms with Gasteiger partial charge in [0, 0.05) is 5.39 Å². The first kappa shape index (κ1) is 20.0. The maximum absolute atomic E-state index is 13.4. The second-order valence-corrected chi connectivity index (χ2v) is 8.15. The summed E-state index contributed by atoms with van der Waals surface area (Å²) in [4.78, 5) is 38.5. The van der Waals surface area contributed by atoms with Crippen LogP contribution < -0.4 is 11.2 Å². The SMILES string of the molecule is COC(=O)C(C)n1c(=O)c2ccccc2n(Cc2nsc3cc(C)cc(C)c23)c1=O. The van der Waals surface area contributed by atoms with Crippen LogP contribution in [0, 0.1) is 13.8 Å². The number of nitrogens with zero attached hydrogens (tertiary/aromatic N) is 3. The monoisotopic (exact) mass is 423 g/mol. The van der Waals surface area contributed by atoms with Gasteiger partial charge in [-0.15, -0.1) is 0 Å². The molecule has 4 aromatic rings. The number of carbonyl (C=O) groups excluding carboxylic acids is 1. The molecule has 7 nitrogen and oxygen atoms in total. The van der Waals surface area contributed by atoms with Gasteiger partial charge in [0.1, 0.15) is 6.04 Å². The van der Waals surface area contributed by atoms with Gasteiger partial charge in [-0.3, -0.25) is 9.36 Å². The van der Waals surface area contributed by atoms with E-state index in [0.717, 1.165) is 31.5 Å². The second-order valence-electron chi connectivity index (χ2n) is 7.34. The highest BCUT2D eigenvalue weighted by Crippen LogP contribution is 2.28. The van der Waals surface area contributed by atoms with Crippen LogP contribution >= 0.6 is 11.5 Å². The lowest BCUT2D eigenvalue weighted by Crippen LogP contribution is -2.44. The van der Waals surface area contributed by atoms with Crippen LogP contribution in [0.4, 0.5) is 0 Å². The van der Waals surface area contributed by atoms with Crippen LogP contribution in [0.5, 0.6) is 0 Å². The van der Waals surface area contributed by atoms with Gasteiger partial charge in [0.15, 0.2) is 0 Å². The summed E-state index contributed by atoms with van der Waals surface area (Å²) in [6, 6.07) is 10.0. The topological polar surface area (TPSA) is 83.2 Å². The van der Waals surface area contributed by atoms with E-state index in [9.17, 15) is 14.4 Å². The number of fused-ring (bicyclic) bond motifs is 2. The van der Waals surface area contributed by atoms with Gasteiger partial charge in [-0.05, 0) is 61.6 Å². The molecule has 0 N–H and O–H groups in total. The highest BCUT2D eigenvalue weighted by Gasteiger charge is 2.23. The zero-order valence-corrected chi connectivity index (χ0v) is 17.9. The standard InChI is InChI=1S/C22H21N3O4S/c1-12-9-13(2)19-16(23-30-18(19)10-12)11-24-17-8-6-5-7-15(17)20(26)25(22(24)28)14(3)21(27)29-4/h5-10,14H,11H2,1-4H3. The Hall–Kier alpha value is -3.26. The van der Waals surface area contributed by atoms with Crippen LogP contribution in [0.25, 0.3) is 21.0 Å². The van der Waals surface area contributed by atoms with E-state index in [2.05, 4.69) is 16.5 Å². The molecular formula is C22H21N3O4S. The number of aryl methyl sites for hydroxylation is 2. The first-order chi connectivity index (χ1) is 14.3. The molecule has 30 heavy (non-hydrogen) atoms. The molecule has 0 aliphatic rings. The number of rotatable bonds is 4. The molecule has 0 fully saturated rings. The minimum atomic E-state index is -1.04. The smallest absolute Gasteiger partial charge is 0.332 e. The van der Waals surface area contributed by atoms with Crippen molar-refractivity contribution in [3.8, 4) is 0 Å². The number of methoxy groups -OCH3 is 1. The molecule has 0 aliphatic heterocycles. The predicted octanol–water partition coefficient (Wildman–Crippen LogP) is 3.17. The van der Waals surface area contributed by atoms with E-state index in [0.29, 0.717) is 10.9 Å². The van der Waals surface area contributed by atoms with Crippen LogP contribution in [-0.2, 0) is 16.1 Å². The number of hydrogen-bond acceptors (Lipinski definition) is 6. The van der Waals surface area contributed by atoms with Gasteiger partial charge in [0.05, 0.1) is 35.0 Å². The molecule has 0 radical (unpaired) electrons. The summed E-state index contributed by atoms with van der Waals surface area (Å²) in [5.74, 6) is -0.651. The van der Waals surface area contributed by atoms with Gasteiger partial charge in [0.25, 0.3) is 5.56 Å². The predicted molar refractivity (Wildman–Crippen MR) is 117 cm³/mol. The minimum absolute atomic E-state index is 0.192. The molecule has 0 spiro atoms. The average molecular weight is 423 g/mol. The average Bonchev–Trinajstić information content (AvgIpc) is 3.13. The summed E-state index contributed by atoms with van der Waals surface area (Å²) in [5, 5.41) is 1.38. The van der Waals surface area contributed by atoms with Crippen molar-refractivity contribution >= 4 is 38.5 Å². The molecule has 4 rings (SSSR count). The Morgan fingerprint density at radius 2 is 1.93 bits per heavy atom. The number of para-hydroxylation sites is 1. The van der Waals surface area contributed by atoms with Crippen LogP contribution in [0.15, 0.2) is 46.0 Å². The van der Waals surface area contributed by atoms with E-state index in [-0.39, 0.29) is 6.54 Å². The molecule has 2 aromatic carbocycles. The third kappa shape index (κ3) is 3.13. The lowest BCUT2D eigenvalue weighted by molar-refractivity contribution is -0.144. The first-order valence-electron chi connectivity index (χ1n) is 9.51. The number of aromatic nitrogens is 3. The van der Waals surface area contributed by atoms with Crippen molar-refractivity contribution in [1.29, 1.82) is 0 Å². The number of esters is 1. The third-order valence-electron chi connectivity index (χ3n) is 5.30. The quantitative estimate of drug-likeness (QED) is 0.471. The summed E-state index contributed by atoms with van der Waals surface area (Å²) in [7, 11) is 1.23. The number of hydrogen-bond donors (Lipinski definition) is 0. The fraction of sp³-hybridized carbons (Fsp3) is 0.273. The van der Waals surface area contributed by atoms with Gasteiger partial charge in [-0.2, -0.15) is 4.37 Å². The molecule has 1 unspecified atom stereocenters. The Labute approximate surface area is 176 Å².